The van der Waals surface area contributed by atoms with Gasteiger partial charge in [-0.15, -0.1) is 0 Å². The largest absolute Gasteiger partial charge is 0.419 e. The van der Waals surface area contributed by atoms with Gasteiger partial charge in [0.25, 0.3) is 0 Å². The minimum atomic E-state index is -4.49. The number of alkyl halides is 4. The first kappa shape index (κ1) is 18.6. The molecule has 2 N–H and O–H groups in total. The fourth-order valence-corrected chi connectivity index (χ4v) is 3.32. The van der Waals surface area contributed by atoms with E-state index in [0.717, 1.165) is 23.4 Å². The van der Waals surface area contributed by atoms with Gasteiger partial charge in [-0.1, -0.05) is 12.1 Å². The predicted octanol–water partition coefficient (Wildman–Crippen LogP) is 2.77. The summed E-state index contributed by atoms with van der Waals surface area (Å²) < 4.78 is 53.8. The Labute approximate surface area is 158 Å². The first-order chi connectivity index (χ1) is 13.3. The van der Waals surface area contributed by atoms with Crippen LogP contribution in [-0.2, 0) is 12.7 Å². The molecule has 1 fully saturated rings. The summed E-state index contributed by atoms with van der Waals surface area (Å²) in [4.78, 5) is 14.2. The Balaban J connectivity index is 1.69. The average molecular weight is 394 g/mol. The van der Waals surface area contributed by atoms with E-state index in [0.29, 0.717) is 25.5 Å². The van der Waals surface area contributed by atoms with E-state index >= 15 is 0 Å². The van der Waals surface area contributed by atoms with Gasteiger partial charge in [0, 0.05) is 25.5 Å². The standard InChI is InChI=1S/C18H18F4N6/c19-12-5-6-27(9-13(12)23)17-26-14-3-1-2-4-15(14)28(17)10-16-24-7-11(8-25-16)18(20,21)22/h1-4,7-8,12-13H,5-6,9-10,23H2/t12-,13-/m1/s1. The summed E-state index contributed by atoms with van der Waals surface area (Å²) >= 11 is 0. The molecule has 2 atom stereocenters. The van der Waals surface area contributed by atoms with E-state index in [2.05, 4.69) is 15.0 Å². The third kappa shape index (κ3) is 3.51. The topological polar surface area (TPSA) is 72.9 Å². The average Bonchev–Trinajstić information content (AvgIpc) is 3.02. The smallest absolute Gasteiger partial charge is 0.340 e. The number of nitrogens with zero attached hydrogens (tertiary/aromatic N) is 5. The van der Waals surface area contributed by atoms with E-state index in [1.54, 1.807) is 0 Å². The minimum Gasteiger partial charge on any atom is -0.340 e. The van der Waals surface area contributed by atoms with Crippen molar-refractivity contribution in [2.75, 3.05) is 18.0 Å². The lowest BCUT2D eigenvalue weighted by molar-refractivity contribution is -0.138. The van der Waals surface area contributed by atoms with Gasteiger partial charge in [0.05, 0.1) is 29.2 Å². The molecule has 1 aromatic carbocycles. The number of nitrogens with two attached hydrogens (primary N) is 1. The fraction of sp³-hybridized carbons (Fsp3) is 0.389. The minimum absolute atomic E-state index is 0.138. The highest BCUT2D eigenvalue weighted by Crippen LogP contribution is 2.29. The van der Waals surface area contributed by atoms with E-state index in [1.165, 1.54) is 0 Å². The van der Waals surface area contributed by atoms with Gasteiger partial charge >= 0.3 is 6.18 Å². The molecule has 1 aliphatic heterocycles. The highest BCUT2D eigenvalue weighted by molar-refractivity contribution is 5.79. The van der Waals surface area contributed by atoms with Gasteiger partial charge in [-0.3, -0.25) is 0 Å². The zero-order valence-corrected chi connectivity index (χ0v) is 14.8. The van der Waals surface area contributed by atoms with Crippen LogP contribution in [0.15, 0.2) is 36.7 Å². The predicted molar refractivity (Wildman–Crippen MR) is 95.6 cm³/mol. The number of fused-ring (bicyclic) bond motifs is 1. The molecule has 6 nitrogen and oxygen atoms in total. The number of piperidine rings is 1. The van der Waals surface area contributed by atoms with E-state index in [9.17, 15) is 17.6 Å². The molecule has 10 heteroatoms. The Morgan fingerprint density at radius 2 is 1.86 bits per heavy atom. The molecule has 0 saturated carbocycles. The van der Waals surface area contributed by atoms with E-state index in [1.807, 2.05) is 33.7 Å². The molecule has 3 aromatic rings. The number of benzene rings is 1. The van der Waals surface area contributed by atoms with Crippen molar-refractivity contribution in [3.8, 4) is 0 Å². The highest BCUT2D eigenvalue weighted by atomic mass is 19.4. The number of rotatable bonds is 3. The Morgan fingerprint density at radius 3 is 2.54 bits per heavy atom. The molecule has 4 rings (SSSR count). The van der Waals surface area contributed by atoms with Crippen molar-refractivity contribution in [3.05, 3.63) is 48.0 Å². The van der Waals surface area contributed by atoms with Crippen molar-refractivity contribution in [1.29, 1.82) is 0 Å². The molecule has 2 aromatic heterocycles. The van der Waals surface area contributed by atoms with Crippen molar-refractivity contribution >= 4 is 17.0 Å². The summed E-state index contributed by atoms with van der Waals surface area (Å²) in [6, 6.07) is 6.77. The third-order valence-electron chi connectivity index (χ3n) is 4.82. The quantitative estimate of drug-likeness (QED) is 0.692. The first-order valence-electron chi connectivity index (χ1n) is 8.81. The maximum atomic E-state index is 13.8. The second-order valence-corrected chi connectivity index (χ2v) is 6.79. The monoisotopic (exact) mass is 394 g/mol. The maximum Gasteiger partial charge on any atom is 0.419 e. The van der Waals surface area contributed by atoms with Gasteiger partial charge in [0.2, 0.25) is 5.95 Å². The molecule has 28 heavy (non-hydrogen) atoms. The molecule has 0 radical (unpaired) electrons. The lowest BCUT2D eigenvalue weighted by atomic mass is 10.1. The van der Waals surface area contributed by atoms with E-state index in [-0.39, 0.29) is 12.4 Å². The second-order valence-electron chi connectivity index (χ2n) is 6.79. The summed E-state index contributed by atoms with van der Waals surface area (Å²) in [5, 5.41) is 0. The Kier molecular flexibility index (Phi) is 4.66. The van der Waals surface area contributed by atoms with Crippen LogP contribution >= 0.6 is 0 Å². The van der Waals surface area contributed by atoms with Gasteiger partial charge < -0.3 is 15.2 Å². The van der Waals surface area contributed by atoms with Crippen LogP contribution in [0, 0.1) is 0 Å². The van der Waals surface area contributed by atoms with Crippen molar-refractivity contribution in [2.24, 2.45) is 5.73 Å². The van der Waals surface area contributed by atoms with Crippen LogP contribution in [0.3, 0.4) is 0 Å². The second kappa shape index (κ2) is 7.01. The number of imidazole rings is 1. The maximum absolute atomic E-state index is 13.8. The molecule has 148 valence electrons. The number of hydrogen-bond donors (Lipinski definition) is 1. The van der Waals surface area contributed by atoms with Gasteiger partial charge in [-0.05, 0) is 18.6 Å². The molecule has 0 bridgehead atoms. The summed E-state index contributed by atoms with van der Waals surface area (Å²) in [7, 11) is 0. The normalized spacial score (nSPS) is 20.7. The molecule has 3 heterocycles. The number of para-hydroxylation sites is 2. The lowest BCUT2D eigenvalue weighted by Crippen LogP contribution is -2.50. The molecule has 0 aliphatic carbocycles. The van der Waals surface area contributed by atoms with Crippen LogP contribution in [0.5, 0.6) is 0 Å². The zero-order valence-electron chi connectivity index (χ0n) is 14.8. The summed E-state index contributed by atoms with van der Waals surface area (Å²) in [5.74, 6) is 0.800. The van der Waals surface area contributed by atoms with Gasteiger partial charge in [-0.25, -0.2) is 19.3 Å². The van der Waals surface area contributed by atoms with E-state index in [4.69, 9.17) is 5.73 Å². The molecule has 0 spiro atoms. The Bertz CT molecular complexity index is 968. The molecular formula is C18H18F4N6. The summed E-state index contributed by atoms with van der Waals surface area (Å²) in [5.41, 5.74) is 6.49. The van der Waals surface area contributed by atoms with Crippen molar-refractivity contribution < 1.29 is 17.6 Å². The van der Waals surface area contributed by atoms with Gasteiger partial charge in [-0.2, -0.15) is 13.2 Å². The molecular weight excluding hydrogens is 376 g/mol. The molecule has 1 saturated heterocycles. The van der Waals surface area contributed by atoms with Crippen LogP contribution in [0.25, 0.3) is 11.0 Å². The van der Waals surface area contributed by atoms with Crippen LogP contribution in [0.4, 0.5) is 23.5 Å². The number of aromatic nitrogens is 4. The third-order valence-corrected chi connectivity index (χ3v) is 4.82. The number of anilines is 1. The highest BCUT2D eigenvalue weighted by Gasteiger charge is 2.32. The van der Waals surface area contributed by atoms with Crippen LogP contribution in [-0.4, -0.2) is 44.8 Å². The lowest BCUT2D eigenvalue weighted by Gasteiger charge is -2.34. The fourth-order valence-electron chi connectivity index (χ4n) is 3.32. The van der Waals surface area contributed by atoms with Crippen LogP contribution < -0.4 is 10.6 Å². The first-order valence-corrected chi connectivity index (χ1v) is 8.81. The summed E-state index contributed by atoms with van der Waals surface area (Å²) in [6.07, 6.45) is -3.72. The molecule has 0 unspecified atom stereocenters. The van der Waals surface area contributed by atoms with Crippen molar-refractivity contribution in [3.63, 3.8) is 0 Å². The van der Waals surface area contributed by atoms with E-state index < -0.39 is 24.0 Å². The number of hydrogen-bond acceptors (Lipinski definition) is 5. The van der Waals surface area contributed by atoms with Crippen LogP contribution in [0.1, 0.15) is 17.8 Å². The van der Waals surface area contributed by atoms with Crippen molar-refractivity contribution in [1.82, 2.24) is 19.5 Å². The zero-order chi connectivity index (χ0) is 19.9. The van der Waals surface area contributed by atoms with Gasteiger partial charge in [0.1, 0.15) is 12.0 Å². The number of halogens is 4. The summed E-state index contributed by atoms with van der Waals surface area (Å²) in [6.45, 7) is 0.892. The Morgan fingerprint density at radius 1 is 1.14 bits per heavy atom. The molecule has 0 amide bonds. The Hall–Kier alpha value is -2.75. The van der Waals surface area contributed by atoms with Crippen molar-refractivity contribution in [2.45, 2.75) is 31.4 Å². The molecule has 1 aliphatic rings. The SMILES string of the molecule is N[C@@H]1CN(c2nc3ccccc3n2Cc2ncc(C(F)(F)F)cn2)CC[C@H]1F. The van der Waals surface area contributed by atoms with Gasteiger partial charge in [0.15, 0.2) is 0 Å². The van der Waals surface area contributed by atoms with Crippen LogP contribution in [0.2, 0.25) is 0 Å².